The predicted octanol–water partition coefficient (Wildman–Crippen LogP) is 3.46. The molecule has 1 N–H and O–H groups in total. The highest BCUT2D eigenvalue weighted by Gasteiger charge is 2.05. The van der Waals surface area contributed by atoms with Crippen molar-refractivity contribution in [2.24, 2.45) is 0 Å². The van der Waals surface area contributed by atoms with Gasteiger partial charge in [-0.1, -0.05) is 12.1 Å². The summed E-state index contributed by atoms with van der Waals surface area (Å²) < 4.78 is 18.2. The van der Waals surface area contributed by atoms with Crippen LogP contribution in [-0.4, -0.2) is 12.5 Å². The summed E-state index contributed by atoms with van der Waals surface area (Å²) in [6, 6.07) is 11.5. The molecule has 0 fully saturated rings. The van der Waals surface area contributed by atoms with Crippen molar-refractivity contribution in [2.75, 3.05) is 11.9 Å². The third-order valence-corrected chi connectivity index (χ3v) is 2.67. The van der Waals surface area contributed by atoms with E-state index in [1.54, 1.807) is 6.07 Å². The molecule has 0 unspecified atom stereocenters. The SMILES string of the molecule is Cc1cc(C)cc(NC(=O)COc2cccc(F)c2)c1. The molecule has 0 saturated heterocycles. The Labute approximate surface area is 117 Å². The van der Waals surface area contributed by atoms with Crippen LogP contribution in [0.15, 0.2) is 42.5 Å². The maximum Gasteiger partial charge on any atom is 0.262 e. The second-order valence-corrected chi connectivity index (χ2v) is 4.67. The molecule has 104 valence electrons. The lowest BCUT2D eigenvalue weighted by Crippen LogP contribution is -2.20. The fourth-order valence-electron chi connectivity index (χ4n) is 1.95. The fraction of sp³-hybridized carbons (Fsp3) is 0.188. The zero-order chi connectivity index (χ0) is 14.5. The molecule has 2 rings (SSSR count). The van der Waals surface area contributed by atoms with Crippen molar-refractivity contribution in [3.63, 3.8) is 0 Å². The Balaban J connectivity index is 1.92. The minimum atomic E-state index is -0.391. The number of aryl methyl sites for hydroxylation is 2. The van der Waals surface area contributed by atoms with Gasteiger partial charge in [-0.15, -0.1) is 0 Å². The van der Waals surface area contributed by atoms with Gasteiger partial charge in [0.2, 0.25) is 0 Å². The minimum Gasteiger partial charge on any atom is -0.484 e. The Morgan fingerprint density at radius 1 is 1.15 bits per heavy atom. The van der Waals surface area contributed by atoms with Gasteiger partial charge in [-0.3, -0.25) is 4.79 Å². The molecule has 0 saturated carbocycles. The molecule has 0 aromatic heterocycles. The first-order valence-corrected chi connectivity index (χ1v) is 6.29. The molecule has 2 aromatic carbocycles. The van der Waals surface area contributed by atoms with Gasteiger partial charge in [-0.2, -0.15) is 0 Å². The lowest BCUT2D eigenvalue weighted by atomic mass is 10.1. The number of hydrogen-bond acceptors (Lipinski definition) is 2. The summed E-state index contributed by atoms with van der Waals surface area (Å²) >= 11 is 0. The molecular formula is C16H16FNO2. The van der Waals surface area contributed by atoms with E-state index < -0.39 is 5.82 Å². The third-order valence-electron chi connectivity index (χ3n) is 2.67. The number of ether oxygens (including phenoxy) is 1. The zero-order valence-corrected chi connectivity index (χ0v) is 11.4. The van der Waals surface area contributed by atoms with Crippen LogP contribution < -0.4 is 10.1 Å². The zero-order valence-electron chi connectivity index (χ0n) is 11.4. The first-order valence-electron chi connectivity index (χ1n) is 6.29. The molecule has 0 spiro atoms. The second kappa shape index (κ2) is 6.19. The number of carbonyl (C=O) groups excluding carboxylic acids is 1. The molecule has 4 heteroatoms. The van der Waals surface area contributed by atoms with Crippen LogP contribution in [0.3, 0.4) is 0 Å². The molecule has 0 atom stereocenters. The molecule has 1 amide bonds. The van der Waals surface area contributed by atoms with Crippen LogP contribution in [0.5, 0.6) is 5.75 Å². The Morgan fingerprint density at radius 3 is 2.50 bits per heavy atom. The summed E-state index contributed by atoms with van der Waals surface area (Å²) in [5.41, 5.74) is 2.88. The monoisotopic (exact) mass is 273 g/mol. The van der Waals surface area contributed by atoms with Crippen LogP contribution in [-0.2, 0) is 4.79 Å². The summed E-state index contributed by atoms with van der Waals surface area (Å²) in [6.45, 7) is 3.77. The molecule has 0 radical (unpaired) electrons. The number of halogens is 1. The van der Waals surface area contributed by atoms with E-state index >= 15 is 0 Å². The van der Waals surface area contributed by atoms with Crippen molar-refractivity contribution in [2.45, 2.75) is 13.8 Å². The minimum absolute atomic E-state index is 0.156. The van der Waals surface area contributed by atoms with Crippen LogP contribution in [0, 0.1) is 19.7 Å². The van der Waals surface area contributed by atoms with Crippen molar-refractivity contribution < 1.29 is 13.9 Å². The van der Waals surface area contributed by atoms with Gasteiger partial charge >= 0.3 is 0 Å². The summed E-state index contributed by atoms with van der Waals surface area (Å²) in [7, 11) is 0. The topological polar surface area (TPSA) is 38.3 Å². The number of hydrogen-bond donors (Lipinski definition) is 1. The lowest BCUT2D eigenvalue weighted by molar-refractivity contribution is -0.118. The van der Waals surface area contributed by atoms with Gasteiger partial charge in [0, 0.05) is 11.8 Å². The molecule has 0 aliphatic rings. The Morgan fingerprint density at radius 2 is 1.85 bits per heavy atom. The lowest BCUT2D eigenvalue weighted by Gasteiger charge is -2.09. The number of carbonyl (C=O) groups is 1. The van der Waals surface area contributed by atoms with E-state index in [0.717, 1.165) is 16.8 Å². The van der Waals surface area contributed by atoms with E-state index in [9.17, 15) is 9.18 Å². The van der Waals surface area contributed by atoms with Crippen LogP contribution >= 0.6 is 0 Å². The summed E-state index contributed by atoms with van der Waals surface area (Å²) in [5.74, 6) is -0.336. The van der Waals surface area contributed by atoms with E-state index in [0.29, 0.717) is 5.75 Å². The molecular weight excluding hydrogens is 257 g/mol. The largest absolute Gasteiger partial charge is 0.484 e. The maximum absolute atomic E-state index is 12.9. The van der Waals surface area contributed by atoms with Crippen molar-refractivity contribution in [1.82, 2.24) is 0 Å². The second-order valence-electron chi connectivity index (χ2n) is 4.67. The van der Waals surface area contributed by atoms with Crippen molar-refractivity contribution in [3.05, 3.63) is 59.4 Å². The Hall–Kier alpha value is -2.36. The summed E-state index contributed by atoms with van der Waals surface area (Å²) in [5, 5.41) is 2.75. The molecule has 0 aliphatic heterocycles. The van der Waals surface area contributed by atoms with E-state index in [4.69, 9.17) is 4.74 Å². The third kappa shape index (κ3) is 4.09. The van der Waals surface area contributed by atoms with Crippen LogP contribution in [0.4, 0.5) is 10.1 Å². The van der Waals surface area contributed by atoms with Gasteiger partial charge in [0.15, 0.2) is 6.61 Å². The first kappa shape index (κ1) is 14.1. The van der Waals surface area contributed by atoms with Gasteiger partial charge in [0.1, 0.15) is 11.6 Å². The summed E-state index contributed by atoms with van der Waals surface area (Å²) in [4.78, 5) is 11.8. The predicted molar refractivity (Wildman–Crippen MR) is 76.4 cm³/mol. The highest BCUT2D eigenvalue weighted by Crippen LogP contribution is 2.14. The van der Waals surface area contributed by atoms with Gasteiger partial charge in [0.05, 0.1) is 0 Å². The molecule has 0 bridgehead atoms. The fourth-order valence-corrected chi connectivity index (χ4v) is 1.95. The molecule has 20 heavy (non-hydrogen) atoms. The van der Waals surface area contributed by atoms with E-state index in [1.165, 1.54) is 18.2 Å². The van der Waals surface area contributed by atoms with Crippen LogP contribution in [0.25, 0.3) is 0 Å². The van der Waals surface area contributed by atoms with Gasteiger partial charge in [-0.25, -0.2) is 4.39 Å². The molecule has 0 aliphatic carbocycles. The number of rotatable bonds is 4. The van der Waals surface area contributed by atoms with Gasteiger partial charge < -0.3 is 10.1 Å². The van der Waals surface area contributed by atoms with Gasteiger partial charge in [-0.05, 0) is 49.2 Å². The van der Waals surface area contributed by atoms with Gasteiger partial charge in [0.25, 0.3) is 5.91 Å². The average molecular weight is 273 g/mol. The average Bonchev–Trinajstić information content (AvgIpc) is 2.35. The maximum atomic E-state index is 12.9. The molecule has 3 nitrogen and oxygen atoms in total. The molecule has 2 aromatic rings. The van der Waals surface area contributed by atoms with Crippen molar-refractivity contribution >= 4 is 11.6 Å². The quantitative estimate of drug-likeness (QED) is 0.926. The highest BCUT2D eigenvalue weighted by molar-refractivity contribution is 5.92. The van der Waals surface area contributed by atoms with E-state index in [1.807, 2.05) is 32.0 Å². The number of benzene rings is 2. The Bertz CT molecular complexity index is 605. The van der Waals surface area contributed by atoms with E-state index in [2.05, 4.69) is 5.32 Å². The number of amides is 1. The summed E-state index contributed by atoms with van der Waals surface area (Å²) in [6.07, 6.45) is 0. The standard InChI is InChI=1S/C16H16FNO2/c1-11-6-12(2)8-14(7-11)18-16(19)10-20-15-5-3-4-13(17)9-15/h3-9H,10H2,1-2H3,(H,18,19). The van der Waals surface area contributed by atoms with Crippen LogP contribution in [0.1, 0.15) is 11.1 Å². The van der Waals surface area contributed by atoms with E-state index in [-0.39, 0.29) is 12.5 Å². The van der Waals surface area contributed by atoms with Crippen molar-refractivity contribution in [3.8, 4) is 5.75 Å². The smallest absolute Gasteiger partial charge is 0.262 e. The molecule has 0 heterocycles. The first-order chi connectivity index (χ1) is 9.52. The number of anilines is 1. The normalized spacial score (nSPS) is 10.2. The number of nitrogens with one attached hydrogen (secondary N) is 1. The Kier molecular flexibility index (Phi) is 4.35. The highest BCUT2D eigenvalue weighted by atomic mass is 19.1. The van der Waals surface area contributed by atoms with Crippen molar-refractivity contribution in [1.29, 1.82) is 0 Å². The van der Waals surface area contributed by atoms with Crippen LogP contribution in [0.2, 0.25) is 0 Å².